The summed E-state index contributed by atoms with van der Waals surface area (Å²) < 4.78 is 10.5. The zero-order valence-corrected chi connectivity index (χ0v) is 9.01. The van der Waals surface area contributed by atoms with Crippen LogP contribution < -0.4 is 5.76 Å². The highest BCUT2D eigenvalue weighted by Gasteiger charge is 1.94. The largest absolute Gasteiger partial charge is 0.436 e. The molecule has 0 aliphatic carbocycles. The summed E-state index contributed by atoms with van der Waals surface area (Å²) in [6.45, 7) is 5.15. The zero-order chi connectivity index (χ0) is 11.4. The van der Waals surface area contributed by atoms with Gasteiger partial charge in [-0.1, -0.05) is 0 Å². The molecule has 0 fully saturated rings. The summed E-state index contributed by atoms with van der Waals surface area (Å²) in [5.74, 6) is 1.23. The number of rotatable bonds is 0. The second kappa shape index (κ2) is 4.54. The lowest BCUT2D eigenvalue weighted by Crippen LogP contribution is -2.09. The molecule has 0 spiro atoms. The van der Waals surface area contributed by atoms with E-state index in [0.29, 0.717) is 17.7 Å². The molecule has 7 heteroatoms. The lowest BCUT2D eigenvalue weighted by atomic mass is 10.8. The minimum atomic E-state index is -0.414. The fourth-order valence-electron chi connectivity index (χ4n) is 0.860. The molecule has 2 aromatic heterocycles. The fraction of sp³-hybridized carbons (Fsp3) is 0.500. The molecule has 0 radical (unpaired) electrons. The summed E-state index contributed by atoms with van der Waals surface area (Å²) in [6.07, 6.45) is 0. The van der Waals surface area contributed by atoms with Gasteiger partial charge < -0.3 is 8.83 Å². The van der Waals surface area contributed by atoms with Crippen molar-refractivity contribution in [1.29, 1.82) is 0 Å². The van der Waals surface area contributed by atoms with E-state index in [2.05, 4.69) is 19.7 Å². The van der Waals surface area contributed by atoms with Crippen molar-refractivity contribution < 1.29 is 8.83 Å². The summed E-state index contributed by atoms with van der Waals surface area (Å²) in [6, 6.07) is 0. The smallest absolute Gasteiger partial charge is 0.426 e. The Balaban J connectivity index is 0.000000151. The molecule has 0 atom stereocenters. The summed E-state index contributed by atoms with van der Waals surface area (Å²) in [4.78, 5) is 10.4. The minimum Gasteiger partial charge on any atom is -0.426 e. The molecule has 0 N–H and O–H groups in total. The third kappa shape index (κ3) is 3.37. The molecular weight excluding hydrogens is 200 g/mol. The van der Waals surface area contributed by atoms with Crippen LogP contribution in [0.1, 0.15) is 17.7 Å². The van der Waals surface area contributed by atoms with Gasteiger partial charge in [-0.05, 0) is 0 Å². The normalized spacial score (nSPS) is 9.60. The maximum absolute atomic E-state index is 10.4. The summed E-state index contributed by atoms with van der Waals surface area (Å²) in [5.41, 5.74) is 0. The van der Waals surface area contributed by atoms with E-state index in [9.17, 15) is 4.79 Å². The maximum atomic E-state index is 10.4. The van der Waals surface area contributed by atoms with Gasteiger partial charge in [-0.3, -0.25) is 0 Å². The van der Waals surface area contributed by atoms with E-state index < -0.39 is 5.76 Å². The van der Waals surface area contributed by atoms with Crippen LogP contribution in [0.5, 0.6) is 0 Å². The van der Waals surface area contributed by atoms with Crippen molar-refractivity contribution in [3.63, 3.8) is 0 Å². The molecule has 2 rings (SSSR count). The molecule has 82 valence electrons. The number of aromatic nitrogens is 4. The number of aryl methyl sites for hydroxylation is 4. The molecule has 0 unspecified atom stereocenters. The Morgan fingerprint density at radius 2 is 1.53 bits per heavy atom. The molecule has 7 nitrogen and oxygen atoms in total. The highest BCUT2D eigenvalue weighted by atomic mass is 16.4. The van der Waals surface area contributed by atoms with Gasteiger partial charge in [0, 0.05) is 27.8 Å². The van der Waals surface area contributed by atoms with Crippen LogP contribution in [0.15, 0.2) is 13.6 Å². The quantitative estimate of drug-likeness (QED) is 0.626. The first kappa shape index (κ1) is 11.2. The van der Waals surface area contributed by atoms with Gasteiger partial charge in [0.15, 0.2) is 0 Å². The molecular formula is C8H12N4O3. The van der Waals surface area contributed by atoms with Crippen LogP contribution in [0.2, 0.25) is 0 Å². The Kier molecular flexibility index (Phi) is 3.37. The first-order valence-corrected chi connectivity index (χ1v) is 4.26. The SMILES string of the molecule is Cc1nn(C)c(=O)o1.Cc1nnc(C)o1. The van der Waals surface area contributed by atoms with Gasteiger partial charge >= 0.3 is 5.76 Å². The molecule has 15 heavy (non-hydrogen) atoms. The third-order valence-electron chi connectivity index (χ3n) is 1.42. The van der Waals surface area contributed by atoms with E-state index in [1.54, 1.807) is 27.8 Å². The van der Waals surface area contributed by atoms with E-state index in [1.165, 1.54) is 0 Å². The minimum absolute atomic E-state index is 0.400. The number of hydrogen-bond acceptors (Lipinski definition) is 6. The van der Waals surface area contributed by atoms with Crippen molar-refractivity contribution in [3.8, 4) is 0 Å². The zero-order valence-electron chi connectivity index (χ0n) is 9.01. The highest BCUT2D eigenvalue weighted by Crippen LogP contribution is 1.92. The topological polar surface area (TPSA) is 87.0 Å². The van der Waals surface area contributed by atoms with Gasteiger partial charge in [0.1, 0.15) is 0 Å². The van der Waals surface area contributed by atoms with Gasteiger partial charge in [0.25, 0.3) is 0 Å². The average Bonchev–Trinajstić information content (AvgIpc) is 2.61. The second-order valence-electron chi connectivity index (χ2n) is 2.85. The lowest BCUT2D eigenvalue weighted by Gasteiger charge is -1.73. The van der Waals surface area contributed by atoms with Crippen LogP contribution in [-0.4, -0.2) is 20.0 Å². The lowest BCUT2D eigenvalue weighted by molar-refractivity contribution is 0.471. The molecule has 0 aromatic carbocycles. The predicted octanol–water partition coefficient (Wildman–Crippen LogP) is 0.368. The van der Waals surface area contributed by atoms with E-state index in [-0.39, 0.29) is 0 Å². The van der Waals surface area contributed by atoms with Crippen LogP contribution in [0.25, 0.3) is 0 Å². The van der Waals surface area contributed by atoms with Crippen LogP contribution in [0, 0.1) is 20.8 Å². The second-order valence-corrected chi connectivity index (χ2v) is 2.85. The highest BCUT2D eigenvalue weighted by molar-refractivity contribution is 4.72. The Morgan fingerprint density at radius 1 is 1.00 bits per heavy atom. The molecule has 0 aliphatic heterocycles. The molecule has 2 heterocycles. The molecule has 0 amide bonds. The Bertz CT molecular complexity index is 466. The van der Waals surface area contributed by atoms with Gasteiger partial charge in [-0.2, -0.15) is 4.68 Å². The Labute approximate surface area is 85.7 Å². The molecule has 0 aliphatic rings. The van der Waals surface area contributed by atoms with Crippen molar-refractivity contribution in [2.45, 2.75) is 20.8 Å². The van der Waals surface area contributed by atoms with Gasteiger partial charge in [-0.15, -0.1) is 15.3 Å². The number of nitrogens with zero attached hydrogens (tertiary/aromatic N) is 4. The van der Waals surface area contributed by atoms with Gasteiger partial charge in [0.2, 0.25) is 17.7 Å². The van der Waals surface area contributed by atoms with Crippen LogP contribution in [0.3, 0.4) is 0 Å². The van der Waals surface area contributed by atoms with Crippen molar-refractivity contribution in [1.82, 2.24) is 20.0 Å². The summed E-state index contributed by atoms with van der Waals surface area (Å²) in [5, 5.41) is 10.8. The Hall–Kier alpha value is -1.92. The van der Waals surface area contributed by atoms with E-state index >= 15 is 0 Å². The predicted molar refractivity (Wildman–Crippen MR) is 50.3 cm³/mol. The summed E-state index contributed by atoms with van der Waals surface area (Å²) >= 11 is 0. The Morgan fingerprint density at radius 3 is 1.67 bits per heavy atom. The van der Waals surface area contributed by atoms with Crippen molar-refractivity contribution in [3.05, 3.63) is 28.2 Å². The van der Waals surface area contributed by atoms with E-state index in [1.807, 2.05) is 0 Å². The molecule has 2 aromatic rings. The first-order chi connectivity index (χ1) is 6.99. The molecule has 0 saturated carbocycles. The summed E-state index contributed by atoms with van der Waals surface area (Å²) in [7, 11) is 1.54. The maximum Gasteiger partial charge on any atom is 0.436 e. The standard InChI is InChI=1S/C4H6N2O2.C4H6N2O/c1-3-5-6(2)4(7)8-3;1-3-5-6-4(2)7-3/h1-2H3;1-2H3. The van der Waals surface area contributed by atoms with Crippen molar-refractivity contribution in [2.75, 3.05) is 0 Å². The van der Waals surface area contributed by atoms with Crippen LogP contribution in [-0.2, 0) is 7.05 Å². The van der Waals surface area contributed by atoms with Gasteiger partial charge in [-0.25, -0.2) is 4.79 Å². The van der Waals surface area contributed by atoms with Crippen molar-refractivity contribution >= 4 is 0 Å². The third-order valence-corrected chi connectivity index (χ3v) is 1.42. The van der Waals surface area contributed by atoms with E-state index in [0.717, 1.165) is 4.68 Å². The monoisotopic (exact) mass is 212 g/mol. The number of hydrogen-bond donors (Lipinski definition) is 0. The molecule has 0 saturated heterocycles. The fourth-order valence-corrected chi connectivity index (χ4v) is 0.860. The average molecular weight is 212 g/mol. The van der Waals surface area contributed by atoms with Crippen LogP contribution >= 0.6 is 0 Å². The first-order valence-electron chi connectivity index (χ1n) is 4.26. The molecule has 0 bridgehead atoms. The van der Waals surface area contributed by atoms with Crippen LogP contribution in [0.4, 0.5) is 0 Å². The van der Waals surface area contributed by atoms with Crippen molar-refractivity contribution in [2.24, 2.45) is 7.05 Å². The van der Waals surface area contributed by atoms with Gasteiger partial charge in [0.05, 0.1) is 0 Å². The van der Waals surface area contributed by atoms with E-state index in [4.69, 9.17) is 4.42 Å².